The van der Waals surface area contributed by atoms with Gasteiger partial charge in [-0.15, -0.1) is 11.3 Å². The molecule has 0 saturated heterocycles. The third kappa shape index (κ3) is 2.30. The maximum Gasteiger partial charge on any atom is 0.0767 e. The molecule has 1 aliphatic heterocycles. The Labute approximate surface area is 128 Å². The number of hydrogen-bond donors (Lipinski definition) is 1. The molecule has 0 spiro atoms. The largest absolute Gasteiger partial charge is 0.398 e. The zero-order valence-corrected chi connectivity index (χ0v) is 12.6. The van der Waals surface area contributed by atoms with E-state index in [4.69, 9.17) is 5.73 Å². The number of pyridine rings is 1. The number of nitrogen functional groups attached to an aromatic ring is 1. The van der Waals surface area contributed by atoms with Gasteiger partial charge in [0.25, 0.3) is 0 Å². The summed E-state index contributed by atoms with van der Waals surface area (Å²) in [5, 5.41) is 3.26. The number of aromatic nitrogens is 1. The maximum absolute atomic E-state index is 6.06. The van der Waals surface area contributed by atoms with Crippen LogP contribution in [0.4, 0.5) is 5.69 Å². The molecule has 0 amide bonds. The van der Waals surface area contributed by atoms with Crippen LogP contribution < -0.4 is 5.73 Å². The van der Waals surface area contributed by atoms with E-state index in [0.29, 0.717) is 0 Å². The van der Waals surface area contributed by atoms with E-state index in [1.807, 2.05) is 35.7 Å². The van der Waals surface area contributed by atoms with Crippen LogP contribution in [0.3, 0.4) is 0 Å². The number of hydrogen-bond acceptors (Lipinski definition) is 4. The quantitative estimate of drug-likeness (QED) is 0.736. The molecule has 4 rings (SSSR count). The van der Waals surface area contributed by atoms with E-state index in [0.717, 1.165) is 42.6 Å². The summed E-state index contributed by atoms with van der Waals surface area (Å²) in [4.78, 5) is 8.58. The molecule has 0 saturated carbocycles. The highest BCUT2D eigenvalue weighted by atomic mass is 32.1. The number of anilines is 1. The molecule has 0 radical (unpaired) electrons. The number of nitrogens with zero attached hydrogens (tertiary/aromatic N) is 2. The first-order valence-corrected chi connectivity index (χ1v) is 8.09. The van der Waals surface area contributed by atoms with Crippen LogP contribution in [0.15, 0.2) is 41.9 Å². The number of nitrogens with two attached hydrogens (primary N) is 1. The molecule has 3 heterocycles. The average molecular weight is 295 g/mol. The standard InChI is InChI=1S/C17H17N3S/c18-15-4-3-13(17-14(15)2-1-7-19-17)11-20-8-5-16-12(10-20)6-9-21-16/h1-4,6-7,9H,5,8,10-11,18H2. The van der Waals surface area contributed by atoms with Crippen molar-refractivity contribution < 1.29 is 0 Å². The van der Waals surface area contributed by atoms with Gasteiger partial charge >= 0.3 is 0 Å². The molecule has 2 aromatic heterocycles. The minimum atomic E-state index is 0.806. The van der Waals surface area contributed by atoms with Crippen molar-refractivity contribution in [1.29, 1.82) is 0 Å². The maximum atomic E-state index is 6.06. The summed E-state index contributed by atoms with van der Waals surface area (Å²) in [6.07, 6.45) is 3.01. The van der Waals surface area contributed by atoms with Gasteiger partial charge in [0.05, 0.1) is 5.52 Å². The molecule has 21 heavy (non-hydrogen) atoms. The van der Waals surface area contributed by atoms with Crippen LogP contribution in [0.2, 0.25) is 0 Å². The predicted molar refractivity (Wildman–Crippen MR) is 88.3 cm³/mol. The van der Waals surface area contributed by atoms with Crippen molar-refractivity contribution in [2.45, 2.75) is 19.5 Å². The highest BCUT2D eigenvalue weighted by Gasteiger charge is 2.18. The lowest BCUT2D eigenvalue weighted by Gasteiger charge is -2.27. The Morgan fingerprint density at radius 3 is 3.14 bits per heavy atom. The number of thiophene rings is 1. The van der Waals surface area contributed by atoms with Crippen LogP contribution >= 0.6 is 11.3 Å². The van der Waals surface area contributed by atoms with Gasteiger partial charge in [0.15, 0.2) is 0 Å². The highest BCUT2D eigenvalue weighted by molar-refractivity contribution is 7.10. The Morgan fingerprint density at radius 2 is 2.19 bits per heavy atom. The monoisotopic (exact) mass is 295 g/mol. The Bertz CT molecular complexity index is 794. The third-order valence-electron chi connectivity index (χ3n) is 4.17. The van der Waals surface area contributed by atoms with Crippen LogP contribution in [0.1, 0.15) is 16.0 Å². The second-order valence-electron chi connectivity index (χ2n) is 5.54. The van der Waals surface area contributed by atoms with E-state index in [1.165, 1.54) is 11.1 Å². The van der Waals surface area contributed by atoms with Crippen LogP contribution in [-0.4, -0.2) is 16.4 Å². The number of rotatable bonds is 2. The molecule has 0 fully saturated rings. The molecular formula is C17H17N3S. The fourth-order valence-electron chi connectivity index (χ4n) is 3.06. The molecule has 1 aromatic carbocycles. The lowest BCUT2D eigenvalue weighted by atomic mass is 10.1. The van der Waals surface area contributed by atoms with Gasteiger partial charge in [-0.25, -0.2) is 0 Å². The molecular weight excluding hydrogens is 278 g/mol. The number of benzene rings is 1. The van der Waals surface area contributed by atoms with Crippen molar-refractivity contribution in [2.24, 2.45) is 0 Å². The summed E-state index contributed by atoms with van der Waals surface area (Å²) in [7, 11) is 0. The van der Waals surface area contributed by atoms with Gasteiger partial charge in [-0.2, -0.15) is 0 Å². The van der Waals surface area contributed by atoms with Crippen LogP contribution in [0.25, 0.3) is 10.9 Å². The van der Waals surface area contributed by atoms with Crippen LogP contribution in [0, 0.1) is 0 Å². The molecule has 2 N–H and O–H groups in total. The van der Waals surface area contributed by atoms with Crippen molar-refractivity contribution in [3.63, 3.8) is 0 Å². The van der Waals surface area contributed by atoms with Crippen molar-refractivity contribution in [3.05, 3.63) is 57.9 Å². The fourth-order valence-corrected chi connectivity index (χ4v) is 3.95. The van der Waals surface area contributed by atoms with E-state index in [1.54, 1.807) is 4.88 Å². The third-order valence-corrected chi connectivity index (χ3v) is 5.19. The second-order valence-corrected chi connectivity index (χ2v) is 6.54. The second kappa shape index (κ2) is 5.13. The molecule has 3 aromatic rings. The van der Waals surface area contributed by atoms with Gasteiger partial charge in [-0.05, 0) is 47.2 Å². The molecule has 3 nitrogen and oxygen atoms in total. The summed E-state index contributed by atoms with van der Waals surface area (Å²) in [6.45, 7) is 3.09. The summed E-state index contributed by atoms with van der Waals surface area (Å²) in [6, 6.07) is 10.4. The molecule has 106 valence electrons. The Morgan fingerprint density at radius 1 is 1.24 bits per heavy atom. The lowest BCUT2D eigenvalue weighted by molar-refractivity contribution is 0.248. The minimum absolute atomic E-state index is 0.806. The van der Waals surface area contributed by atoms with E-state index in [2.05, 4.69) is 27.4 Å². The van der Waals surface area contributed by atoms with Gasteiger partial charge < -0.3 is 5.73 Å². The zero-order chi connectivity index (χ0) is 14.2. The molecule has 0 unspecified atom stereocenters. The predicted octanol–water partition coefficient (Wildman–Crippen LogP) is 3.44. The van der Waals surface area contributed by atoms with E-state index in [-0.39, 0.29) is 0 Å². The van der Waals surface area contributed by atoms with Gasteiger partial charge in [0.2, 0.25) is 0 Å². The van der Waals surface area contributed by atoms with E-state index < -0.39 is 0 Å². The molecule has 0 bridgehead atoms. The highest BCUT2D eigenvalue weighted by Crippen LogP contribution is 2.27. The summed E-state index contributed by atoms with van der Waals surface area (Å²) in [5.74, 6) is 0. The number of fused-ring (bicyclic) bond motifs is 2. The Balaban J connectivity index is 1.65. The smallest absolute Gasteiger partial charge is 0.0767 e. The van der Waals surface area contributed by atoms with Crippen molar-refractivity contribution in [1.82, 2.24) is 9.88 Å². The van der Waals surface area contributed by atoms with Crippen molar-refractivity contribution >= 4 is 27.9 Å². The molecule has 4 heteroatoms. The van der Waals surface area contributed by atoms with Gasteiger partial charge in [-0.3, -0.25) is 9.88 Å². The van der Waals surface area contributed by atoms with Crippen LogP contribution in [-0.2, 0) is 19.5 Å². The van der Waals surface area contributed by atoms with Crippen molar-refractivity contribution in [3.8, 4) is 0 Å². The minimum Gasteiger partial charge on any atom is -0.398 e. The summed E-state index contributed by atoms with van der Waals surface area (Å²) >= 11 is 1.88. The van der Waals surface area contributed by atoms with Gasteiger partial charge in [-0.1, -0.05) is 6.07 Å². The average Bonchev–Trinajstić information content (AvgIpc) is 2.98. The molecule has 0 aliphatic carbocycles. The molecule has 1 aliphatic rings. The normalized spacial score (nSPS) is 15.2. The zero-order valence-electron chi connectivity index (χ0n) is 11.7. The summed E-state index contributed by atoms with van der Waals surface area (Å²) < 4.78 is 0. The van der Waals surface area contributed by atoms with E-state index >= 15 is 0 Å². The van der Waals surface area contributed by atoms with Crippen LogP contribution in [0.5, 0.6) is 0 Å². The van der Waals surface area contributed by atoms with Gasteiger partial charge in [0.1, 0.15) is 0 Å². The SMILES string of the molecule is Nc1ccc(CN2CCc3sccc3C2)c2ncccc12. The fraction of sp³-hybridized carbons (Fsp3) is 0.235. The topological polar surface area (TPSA) is 42.1 Å². The first kappa shape index (κ1) is 12.8. The lowest BCUT2D eigenvalue weighted by Crippen LogP contribution is -2.29. The Hall–Kier alpha value is -1.91. The first-order chi connectivity index (χ1) is 10.3. The van der Waals surface area contributed by atoms with Crippen molar-refractivity contribution in [2.75, 3.05) is 12.3 Å². The molecule has 0 atom stereocenters. The first-order valence-electron chi connectivity index (χ1n) is 7.21. The van der Waals surface area contributed by atoms with Gasteiger partial charge in [0, 0.05) is 41.8 Å². The summed E-state index contributed by atoms with van der Waals surface area (Å²) in [5.41, 5.74) is 10.6. The van der Waals surface area contributed by atoms with E-state index in [9.17, 15) is 0 Å². The Kier molecular flexibility index (Phi) is 3.13.